The number of aromatic hydroxyl groups is 1. The van der Waals surface area contributed by atoms with E-state index >= 15 is 0 Å². The van der Waals surface area contributed by atoms with Crippen molar-refractivity contribution in [1.82, 2.24) is 4.90 Å². The Bertz CT molecular complexity index is 1140. The monoisotopic (exact) mass is 485 g/mol. The van der Waals surface area contributed by atoms with Gasteiger partial charge in [0.2, 0.25) is 0 Å². The van der Waals surface area contributed by atoms with Gasteiger partial charge in [-0.05, 0) is 59.6 Å². The van der Waals surface area contributed by atoms with E-state index in [0.29, 0.717) is 36.8 Å². The number of rotatable bonds is 4. The summed E-state index contributed by atoms with van der Waals surface area (Å²) < 4.78 is 12.0. The van der Waals surface area contributed by atoms with Crippen LogP contribution < -0.4 is 0 Å². The number of aldehydes is 1. The fraction of sp³-hybridized carbons (Fsp3) is 0.452. The van der Waals surface area contributed by atoms with E-state index in [2.05, 4.69) is 59.5 Å². The Morgan fingerprint density at radius 1 is 1.03 bits per heavy atom. The van der Waals surface area contributed by atoms with E-state index in [1.807, 2.05) is 12.1 Å². The number of aryl methyl sites for hydroxylation is 1. The molecule has 1 spiro atoms. The van der Waals surface area contributed by atoms with Crippen LogP contribution in [0.3, 0.4) is 0 Å². The highest BCUT2D eigenvalue weighted by molar-refractivity contribution is 5.54. The van der Waals surface area contributed by atoms with Gasteiger partial charge in [0.15, 0.2) is 5.79 Å². The lowest BCUT2D eigenvalue weighted by molar-refractivity contribution is -0.294. The molecule has 0 bridgehead atoms. The maximum absolute atomic E-state index is 11.0. The summed E-state index contributed by atoms with van der Waals surface area (Å²) in [6.07, 6.45) is 12.9. The molecule has 2 aliphatic carbocycles. The number of piperidine rings is 1. The molecule has 2 heterocycles. The quantitative estimate of drug-likeness (QED) is 0.610. The van der Waals surface area contributed by atoms with E-state index < -0.39 is 5.79 Å². The Morgan fingerprint density at radius 3 is 2.50 bits per heavy atom. The van der Waals surface area contributed by atoms with Gasteiger partial charge in [-0.25, -0.2) is 0 Å². The topological polar surface area (TPSA) is 59.0 Å². The number of carbonyl (C=O) groups excluding carboxylic acids is 1. The van der Waals surface area contributed by atoms with Gasteiger partial charge in [-0.2, -0.15) is 0 Å². The molecule has 1 unspecified atom stereocenters. The predicted octanol–water partition coefficient (Wildman–Crippen LogP) is 5.11. The zero-order valence-electron chi connectivity index (χ0n) is 20.7. The van der Waals surface area contributed by atoms with E-state index in [4.69, 9.17) is 9.47 Å². The van der Waals surface area contributed by atoms with Crippen molar-refractivity contribution in [3.63, 3.8) is 0 Å². The van der Waals surface area contributed by atoms with Crippen molar-refractivity contribution in [3.05, 3.63) is 89.0 Å². The number of carbonyl (C=O) groups is 1. The molecule has 5 heteroatoms. The van der Waals surface area contributed by atoms with Gasteiger partial charge in [0.05, 0.1) is 19.1 Å². The first kappa shape index (κ1) is 23.7. The van der Waals surface area contributed by atoms with Crippen molar-refractivity contribution in [2.75, 3.05) is 26.3 Å². The van der Waals surface area contributed by atoms with Gasteiger partial charge in [0.25, 0.3) is 0 Å². The molecule has 2 fully saturated rings. The van der Waals surface area contributed by atoms with Gasteiger partial charge in [-0.1, -0.05) is 54.6 Å². The molecular formula is C31H35NO4. The van der Waals surface area contributed by atoms with Crippen molar-refractivity contribution in [2.45, 2.75) is 55.8 Å². The van der Waals surface area contributed by atoms with Crippen molar-refractivity contribution < 1.29 is 19.4 Å². The fourth-order valence-corrected chi connectivity index (χ4v) is 6.58. The SMILES string of the molecule is O=CC1COC2(CCN(C3C=CC([C@@H]4c5ccc(O)cc5CC[C@@H]4c4ccccc4)=CC3)CC2)OC1. The Hall–Kier alpha value is -2.73. The number of benzene rings is 2. The van der Waals surface area contributed by atoms with Crippen molar-refractivity contribution in [2.24, 2.45) is 5.92 Å². The van der Waals surface area contributed by atoms with Crippen LogP contribution in [0.1, 0.15) is 54.2 Å². The van der Waals surface area contributed by atoms with Gasteiger partial charge in [-0.3, -0.25) is 4.90 Å². The first-order valence-electron chi connectivity index (χ1n) is 13.4. The molecule has 0 aromatic heterocycles. The van der Waals surface area contributed by atoms with E-state index in [-0.39, 0.29) is 5.92 Å². The van der Waals surface area contributed by atoms with Gasteiger partial charge in [0.1, 0.15) is 12.0 Å². The number of nitrogens with zero attached hydrogens (tertiary/aromatic N) is 1. The normalized spacial score (nSPS) is 28.4. The molecule has 4 aliphatic rings. The number of hydrogen-bond acceptors (Lipinski definition) is 5. The third-order valence-corrected chi connectivity index (χ3v) is 8.62. The van der Waals surface area contributed by atoms with Crippen molar-refractivity contribution in [1.29, 1.82) is 0 Å². The second-order valence-electron chi connectivity index (χ2n) is 10.7. The zero-order chi connectivity index (χ0) is 24.5. The first-order chi connectivity index (χ1) is 17.6. The molecule has 0 amide bonds. The van der Waals surface area contributed by atoms with Crippen LogP contribution in [0.15, 0.2) is 72.3 Å². The fourth-order valence-electron chi connectivity index (χ4n) is 6.58. The van der Waals surface area contributed by atoms with Crippen LogP contribution in [-0.2, 0) is 20.7 Å². The smallest absolute Gasteiger partial charge is 0.170 e. The third kappa shape index (κ3) is 4.56. The second kappa shape index (κ2) is 9.97. The summed E-state index contributed by atoms with van der Waals surface area (Å²) in [5, 5.41) is 10.1. The third-order valence-electron chi connectivity index (χ3n) is 8.62. The minimum atomic E-state index is -0.504. The molecule has 2 aromatic carbocycles. The Morgan fingerprint density at radius 2 is 1.81 bits per heavy atom. The van der Waals surface area contributed by atoms with Crippen LogP contribution >= 0.6 is 0 Å². The molecule has 36 heavy (non-hydrogen) atoms. The van der Waals surface area contributed by atoms with Crippen molar-refractivity contribution >= 4 is 6.29 Å². The lowest BCUT2D eigenvalue weighted by Crippen LogP contribution is -2.53. The number of hydrogen-bond donors (Lipinski definition) is 1. The van der Waals surface area contributed by atoms with Crippen LogP contribution in [0.4, 0.5) is 0 Å². The van der Waals surface area contributed by atoms with Crippen LogP contribution in [-0.4, -0.2) is 54.4 Å². The van der Waals surface area contributed by atoms with Crippen molar-refractivity contribution in [3.8, 4) is 5.75 Å². The Balaban J connectivity index is 1.17. The second-order valence-corrected chi connectivity index (χ2v) is 10.7. The molecule has 5 nitrogen and oxygen atoms in total. The molecule has 0 radical (unpaired) electrons. The lowest BCUT2D eigenvalue weighted by Gasteiger charge is -2.46. The molecular weight excluding hydrogens is 450 g/mol. The molecule has 2 saturated heterocycles. The summed E-state index contributed by atoms with van der Waals surface area (Å²) in [4.78, 5) is 13.6. The highest BCUT2D eigenvalue weighted by Gasteiger charge is 2.42. The Kier molecular flexibility index (Phi) is 6.55. The summed E-state index contributed by atoms with van der Waals surface area (Å²) in [6.45, 7) is 2.81. The number of likely N-dealkylation sites (tertiary alicyclic amines) is 1. The maximum Gasteiger partial charge on any atom is 0.170 e. The number of phenolic OH excluding ortho intramolecular Hbond substituents is 1. The summed E-state index contributed by atoms with van der Waals surface area (Å²) in [5.74, 6) is 0.450. The number of allylic oxidation sites excluding steroid dienone is 2. The van der Waals surface area contributed by atoms with E-state index in [9.17, 15) is 9.90 Å². The van der Waals surface area contributed by atoms with Crippen LogP contribution in [0.2, 0.25) is 0 Å². The summed E-state index contributed by atoms with van der Waals surface area (Å²) >= 11 is 0. The number of fused-ring (bicyclic) bond motifs is 1. The highest BCUT2D eigenvalue weighted by Crippen LogP contribution is 2.48. The number of phenols is 1. The predicted molar refractivity (Wildman–Crippen MR) is 139 cm³/mol. The first-order valence-corrected chi connectivity index (χ1v) is 13.4. The molecule has 0 saturated carbocycles. The molecule has 6 rings (SSSR count). The van der Waals surface area contributed by atoms with Crippen LogP contribution in [0.5, 0.6) is 5.75 Å². The zero-order valence-corrected chi connectivity index (χ0v) is 20.7. The van der Waals surface area contributed by atoms with Gasteiger partial charge in [0, 0.05) is 37.9 Å². The van der Waals surface area contributed by atoms with E-state index in [0.717, 1.165) is 51.5 Å². The lowest BCUT2D eigenvalue weighted by atomic mass is 9.68. The van der Waals surface area contributed by atoms with Crippen LogP contribution in [0, 0.1) is 5.92 Å². The Labute approximate surface area is 213 Å². The van der Waals surface area contributed by atoms with Gasteiger partial charge in [-0.15, -0.1) is 0 Å². The number of ether oxygens (including phenoxy) is 2. The highest BCUT2D eigenvalue weighted by atomic mass is 16.7. The maximum atomic E-state index is 11.0. The molecule has 3 atom stereocenters. The van der Waals surface area contributed by atoms with E-state index in [1.54, 1.807) is 0 Å². The van der Waals surface area contributed by atoms with Gasteiger partial charge < -0.3 is 19.4 Å². The summed E-state index contributed by atoms with van der Waals surface area (Å²) in [6, 6.07) is 17.2. The minimum absolute atomic E-state index is 0.132. The van der Waals surface area contributed by atoms with E-state index in [1.165, 1.54) is 22.3 Å². The minimum Gasteiger partial charge on any atom is -0.508 e. The standard InChI is InChI=1S/C31H35NO4/c33-19-22-20-35-31(36-21-22)14-16-32(17-15-31)26-9-6-24(7-10-26)30-28(23-4-2-1-3-5-23)12-8-25-18-27(34)11-13-29(25)30/h1-7,9,11,13,18-19,22,26,28,30,34H,8,10,12,14-17,20-21H2/t26?,28-,30+/m1/s1. The average molecular weight is 486 g/mol. The summed E-state index contributed by atoms with van der Waals surface area (Å²) in [7, 11) is 0. The molecule has 2 aliphatic heterocycles. The summed E-state index contributed by atoms with van der Waals surface area (Å²) in [5.41, 5.74) is 5.40. The molecule has 2 aromatic rings. The van der Waals surface area contributed by atoms with Crippen LogP contribution in [0.25, 0.3) is 0 Å². The molecule has 1 N–H and O–H groups in total. The molecule has 188 valence electrons. The largest absolute Gasteiger partial charge is 0.508 e. The average Bonchev–Trinajstić information content (AvgIpc) is 2.94. The van der Waals surface area contributed by atoms with Gasteiger partial charge >= 0.3 is 0 Å².